The molecule has 3 aromatic rings. The van der Waals surface area contributed by atoms with Gasteiger partial charge in [0, 0.05) is 24.6 Å². The molecule has 122 valence electrons. The second kappa shape index (κ2) is 5.96. The number of nitrogens with zero attached hydrogens (tertiary/aromatic N) is 4. The molecule has 0 radical (unpaired) electrons. The molecule has 0 aliphatic carbocycles. The second-order valence-electron chi connectivity index (χ2n) is 6.16. The number of anilines is 1. The Labute approximate surface area is 139 Å². The van der Waals surface area contributed by atoms with Gasteiger partial charge in [0.05, 0.1) is 17.4 Å². The first-order valence-electron chi connectivity index (χ1n) is 8.17. The van der Waals surface area contributed by atoms with E-state index in [4.69, 9.17) is 5.73 Å². The van der Waals surface area contributed by atoms with Crippen molar-refractivity contribution in [3.8, 4) is 0 Å². The first kappa shape index (κ1) is 14.7. The number of carbonyl (C=O) groups excluding carboxylic acids is 1. The molecule has 1 aromatic carbocycles. The van der Waals surface area contributed by atoms with E-state index in [1.54, 1.807) is 10.7 Å². The largest absolute Gasteiger partial charge is 0.368 e. The number of nitrogen functional groups attached to an aromatic ring is 1. The summed E-state index contributed by atoms with van der Waals surface area (Å²) in [6.45, 7) is 1.46. The number of hydrogen-bond donors (Lipinski definition) is 1. The van der Waals surface area contributed by atoms with Gasteiger partial charge in [-0.25, -0.2) is 9.50 Å². The van der Waals surface area contributed by atoms with Crippen LogP contribution in [0.25, 0.3) is 5.52 Å². The van der Waals surface area contributed by atoms with Crippen LogP contribution in [0.2, 0.25) is 0 Å². The fourth-order valence-electron chi connectivity index (χ4n) is 3.35. The molecule has 1 unspecified atom stereocenters. The van der Waals surface area contributed by atoms with E-state index in [-0.39, 0.29) is 11.8 Å². The zero-order chi connectivity index (χ0) is 16.5. The summed E-state index contributed by atoms with van der Waals surface area (Å²) < 4.78 is 1.62. The number of benzene rings is 1. The highest BCUT2D eigenvalue weighted by atomic mass is 16.2. The standard InChI is InChI=1S/C18H19N5O/c19-18-21-16(11-15-8-9-20-23(15)18)14-7-4-10-22(12-14)17(24)13-5-2-1-3-6-13/h1-3,5-6,8-9,11,14H,4,7,10,12H2,(H2,19,21). The Morgan fingerprint density at radius 3 is 2.88 bits per heavy atom. The molecule has 1 amide bonds. The van der Waals surface area contributed by atoms with Crippen molar-refractivity contribution in [2.45, 2.75) is 18.8 Å². The van der Waals surface area contributed by atoms with E-state index in [2.05, 4.69) is 10.1 Å². The maximum absolute atomic E-state index is 12.7. The summed E-state index contributed by atoms with van der Waals surface area (Å²) in [5, 5.41) is 4.15. The number of aromatic nitrogens is 3. The Balaban J connectivity index is 1.59. The number of likely N-dealkylation sites (tertiary alicyclic amines) is 1. The van der Waals surface area contributed by atoms with Gasteiger partial charge in [-0.05, 0) is 37.1 Å². The third-order valence-electron chi connectivity index (χ3n) is 4.58. The number of hydrogen-bond acceptors (Lipinski definition) is 4. The Morgan fingerprint density at radius 1 is 1.21 bits per heavy atom. The molecule has 4 rings (SSSR count). The lowest BCUT2D eigenvalue weighted by molar-refractivity contribution is 0.0706. The Hall–Kier alpha value is -2.89. The van der Waals surface area contributed by atoms with Gasteiger partial charge in [-0.1, -0.05) is 18.2 Å². The SMILES string of the molecule is Nc1nc(C2CCCN(C(=O)c3ccccc3)C2)cc2ccnn12. The second-order valence-corrected chi connectivity index (χ2v) is 6.16. The summed E-state index contributed by atoms with van der Waals surface area (Å²) in [5.74, 6) is 0.673. The number of piperidine rings is 1. The molecule has 0 spiro atoms. The molecule has 2 N–H and O–H groups in total. The molecule has 1 aliphatic heterocycles. The molecule has 6 nitrogen and oxygen atoms in total. The average molecular weight is 321 g/mol. The van der Waals surface area contributed by atoms with Crippen LogP contribution in [0.1, 0.15) is 34.8 Å². The van der Waals surface area contributed by atoms with Gasteiger partial charge >= 0.3 is 0 Å². The first-order chi connectivity index (χ1) is 11.7. The van der Waals surface area contributed by atoms with Gasteiger partial charge in [0.2, 0.25) is 5.95 Å². The monoisotopic (exact) mass is 321 g/mol. The maximum atomic E-state index is 12.7. The quantitative estimate of drug-likeness (QED) is 0.786. The van der Waals surface area contributed by atoms with Crippen LogP contribution in [0.3, 0.4) is 0 Å². The van der Waals surface area contributed by atoms with Gasteiger partial charge in [0.25, 0.3) is 5.91 Å². The van der Waals surface area contributed by atoms with Crippen LogP contribution in [0, 0.1) is 0 Å². The van der Waals surface area contributed by atoms with Crippen LogP contribution in [-0.4, -0.2) is 38.5 Å². The fraction of sp³-hybridized carbons (Fsp3) is 0.278. The number of carbonyl (C=O) groups is 1. The smallest absolute Gasteiger partial charge is 0.253 e. The minimum absolute atomic E-state index is 0.0821. The Bertz CT molecular complexity index is 874. The lowest BCUT2D eigenvalue weighted by Crippen LogP contribution is -2.39. The van der Waals surface area contributed by atoms with Gasteiger partial charge in [-0.3, -0.25) is 4.79 Å². The number of nitrogens with two attached hydrogens (primary N) is 1. The Morgan fingerprint density at radius 2 is 2.04 bits per heavy atom. The van der Waals surface area contributed by atoms with Gasteiger partial charge < -0.3 is 10.6 Å². The molecular weight excluding hydrogens is 302 g/mol. The fourth-order valence-corrected chi connectivity index (χ4v) is 3.35. The minimum atomic E-state index is 0.0821. The van der Waals surface area contributed by atoms with E-state index < -0.39 is 0 Å². The van der Waals surface area contributed by atoms with Gasteiger partial charge in [0.1, 0.15) is 0 Å². The lowest BCUT2D eigenvalue weighted by Gasteiger charge is -2.32. The highest BCUT2D eigenvalue weighted by Crippen LogP contribution is 2.28. The van der Waals surface area contributed by atoms with Crippen molar-refractivity contribution in [3.05, 3.63) is 59.9 Å². The summed E-state index contributed by atoms with van der Waals surface area (Å²) in [6, 6.07) is 13.4. The summed E-state index contributed by atoms with van der Waals surface area (Å²) in [4.78, 5) is 19.1. The molecule has 1 atom stereocenters. The van der Waals surface area contributed by atoms with Crippen LogP contribution in [0.15, 0.2) is 48.7 Å². The number of rotatable bonds is 2. The first-order valence-corrected chi connectivity index (χ1v) is 8.17. The van der Waals surface area contributed by atoms with Crippen LogP contribution >= 0.6 is 0 Å². The predicted molar refractivity (Wildman–Crippen MR) is 91.7 cm³/mol. The maximum Gasteiger partial charge on any atom is 0.253 e. The highest BCUT2D eigenvalue weighted by molar-refractivity contribution is 5.94. The Kier molecular flexibility index (Phi) is 3.65. The van der Waals surface area contributed by atoms with E-state index in [0.717, 1.165) is 36.2 Å². The third kappa shape index (κ3) is 2.60. The molecular formula is C18H19N5O. The lowest BCUT2D eigenvalue weighted by atomic mass is 9.94. The number of amides is 1. The molecule has 1 saturated heterocycles. The molecule has 0 saturated carbocycles. The molecule has 3 heterocycles. The van der Waals surface area contributed by atoms with Crippen LogP contribution in [-0.2, 0) is 0 Å². The molecule has 2 aromatic heterocycles. The van der Waals surface area contributed by atoms with Gasteiger partial charge in [-0.15, -0.1) is 0 Å². The van der Waals surface area contributed by atoms with Gasteiger partial charge in [0.15, 0.2) is 0 Å². The van der Waals surface area contributed by atoms with Crippen molar-refractivity contribution in [3.63, 3.8) is 0 Å². The van der Waals surface area contributed by atoms with Crippen molar-refractivity contribution < 1.29 is 4.79 Å². The van der Waals surface area contributed by atoms with Crippen LogP contribution in [0.5, 0.6) is 0 Å². The van der Waals surface area contributed by atoms with Crippen molar-refractivity contribution >= 4 is 17.4 Å². The van der Waals surface area contributed by atoms with Crippen LogP contribution in [0.4, 0.5) is 5.95 Å². The number of fused-ring (bicyclic) bond motifs is 1. The van der Waals surface area contributed by atoms with Crippen molar-refractivity contribution in [1.29, 1.82) is 0 Å². The van der Waals surface area contributed by atoms with Gasteiger partial charge in [-0.2, -0.15) is 5.10 Å². The summed E-state index contributed by atoms with van der Waals surface area (Å²) >= 11 is 0. The van der Waals surface area contributed by atoms with Crippen LogP contribution < -0.4 is 5.73 Å². The normalized spacial score (nSPS) is 18.0. The molecule has 24 heavy (non-hydrogen) atoms. The average Bonchev–Trinajstić information content (AvgIpc) is 3.11. The zero-order valence-electron chi connectivity index (χ0n) is 13.3. The highest BCUT2D eigenvalue weighted by Gasteiger charge is 2.26. The summed E-state index contributed by atoms with van der Waals surface area (Å²) in [7, 11) is 0. The van der Waals surface area contributed by atoms with Crippen molar-refractivity contribution in [2.24, 2.45) is 0 Å². The molecule has 1 aliphatic rings. The third-order valence-corrected chi connectivity index (χ3v) is 4.58. The predicted octanol–water partition coefficient (Wildman–Crippen LogP) is 2.33. The van der Waals surface area contributed by atoms with E-state index in [1.165, 1.54) is 0 Å². The van der Waals surface area contributed by atoms with E-state index in [9.17, 15) is 4.79 Å². The van der Waals surface area contributed by atoms with Crippen molar-refractivity contribution in [1.82, 2.24) is 19.5 Å². The van der Waals surface area contributed by atoms with E-state index in [1.807, 2.05) is 47.4 Å². The summed E-state index contributed by atoms with van der Waals surface area (Å²) in [6.07, 6.45) is 3.69. The van der Waals surface area contributed by atoms with Crippen molar-refractivity contribution in [2.75, 3.05) is 18.8 Å². The summed E-state index contributed by atoms with van der Waals surface area (Å²) in [5.41, 5.74) is 8.61. The van der Waals surface area contributed by atoms with E-state index >= 15 is 0 Å². The zero-order valence-corrected chi connectivity index (χ0v) is 13.3. The molecule has 6 heteroatoms. The van der Waals surface area contributed by atoms with E-state index in [0.29, 0.717) is 12.5 Å². The molecule has 1 fully saturated rings. The topological polar surface area (TPSA) is 76.5 Å². The minimum Gasteiger partial charge on any atom is -0.368 e. The molecule has 0 bridgehead atoms.